The highest BCUT2D eigenvalue weighted by Crippen LogP contribution is 2.28. The van der Waals surface area contributed by atoms with Gasteiger partial charge in [-0.2, -0.15) is 8.78 Å². The number of sulfone groups is 1. The van der Waals surface area contributed by atoms with Gasteiger partial charge in [0.05, 0.1) is 10.9 Å². The molecule has 1 aromatic heterocycles. The highest BCUT2D eigenvalue weighted by Gasteiger charge is 2.26. The maximum absolute atomic E-state index is 13.0. The molecule has 1 aromatic carbocycles. The third kappa shape index (κ3) is 6.01. The van der Waals surface area contributed by atoms with Crippen molar-refractivity contribution in [2.24, 2.45) is 0 Å². The Morgan fingerprint density at radius 1 is 1.30 bits per heavy atom. The van der Waals surface area contributed by atoms with Crippen LogP contribution >= 0.6 is 11.3 Å². The first-order chi connectivity index (χ1) is 12.6. The Morgan fingerprint density at radius 3 is 2.44 bits per heavy atom. The summed E-state index contributed by atoms with van der Waals surface area (Å²) in [5.41, 5.74) is 0.924. The Hall–Kier alpha value is -1.98. The van der Waals surface area contributed by atoms with E-state index in [1.807, 2.05) is 0 Å². The van der Waals surface area contributed by atoms with Crippen molar-refractivity contribution in [2.45, 2.75) is 24.3 Å². The number of hydrogen-bond donors (Lipinski definition) is 2. The zero-order valence-electron chi connectivity index (χ0n) is 14.1. The van der Waals surface area contributed by atoms with Gasteiger partial charge >= 0.3 is 6.43 Å². The highest BCUT2D eigenvalue weighted by atomic mass is 32.2. The van der Waals surface area contributed by atoms with Gasteiger partial charge in [-0.1, -0.05) is 24.3 Å². The molecule has 0 aliphatic carbocycles. The average molecular weight is 422 g/mol. The van der Waals surface area contributed by atoms with Crippen molar-refractivity contribution in [1.82, 2.24) is 10.3 Å². The second-order valence-electron chi connectivity index (χ2n) is 5.83. The van der Waals surface area contributed by atoms with Crippen LogP contribution in [0.25, 0.3) is 10.4 Å². The number of carbonyl (C=O) groups excluding carboxylic acids is 1. The molecule has 27 heavy (non-hydrogen) atoms. The van der Waals surface area contributed by atoms with Gasteiger partial charge in [0, 0.05) is 12.5 Å². The van der Waals surface area contributed by atoms with Gasteiger partial charge in [0.25, 0.3) is 5.91 Å². The Kier molecular flexibility index (Phi) is 6.95. The van der Waals surface area contributed by atoms with E-state index in [0.29, 0.717) is 15.4 Å². The molecule has 0 aliphatic heterocycles. The lowest BCUT2D eigenvalue weighted by atomic mass is 10.0. The molecular formula is C16H17F3N2O4S2. The predicted molar refractivity (Wildman–Crippen MR) is 95.0 cm³/mol. The normalized spacial score (nSPS) is 14.1. The molecule has 2 unspecified atom stereocenters. The molecule has 2 rings (SSSR count). The van der Waals surface area contributed by atoms with E-state index in [-0.39, 0.29) is 11.3 Å². The molecule has 0 radical (unpaired) electrons. The number of amides is 1. The first-order valence-corrected chi connectivity index (χ1v) is 10.5. The summed E-state index contributed by atoms with van der Waals surface area (Å²) in [5, 5.41) is 12.3. The predicted octanol–water partition coefficient (Wildman–Crippen LogP) is 2.11. The Labute approximate surface area is 158 Å². The number of aromatic nitrogens is 1. The van der Waals surface area contributed by atoms with Crippen LogP contribution in [0.3, 0.4) is 0 Å². The summed E-state index contributed by atoms with van der Waals surface area (Å²) < 4.78 is 60.2. The standard InChI is InChI=1S/C16H17F3N2O4S2/c1-27(24,25)8-13-20-7-12(26-13)9-2-4-10(5-3-9)14(22)11(6-17)21-16(23)15(18)19/h2-5,7,11,14-15,22H,6,8H2,1H3,(H,21,23). The molecule has 6 nitrogen and oxygen atoms in total. The van der Waals surface area contributed by atoms with Crippen molar-refractivity contribution < 1.29 is 31.5 Å². The van der Waals surface area contributed by atoms with Gasteiger partial charge in [-0.25, -0.2) is 17.8 Å². The smallest absolute Gasteiger partial charge is 0.315 e. The zero-order chi connectivity index (χ0) is 20.2. The number of thiazole rings is 1. The molecule has 1 heterocycles. The molecular weight excluding hydrogens is 405 g/mol. The van der Waals surface area contributed by atoms with E-state index >= 15 is 0 Å². The van der Waals surface area contributed by atoms with Gasteiger partial charge < -0.3 is 10.4 Å². The highest BCUT2D eigenvalue weighted by molar-refractivity contribution is 7.90. The fourth-order valence-electron chi connectivity index (χ4n) is 2.26. The van der Waals surface area contributed by atoms with Crippen molar-refractivity contribution in [1.29, 1.82) is 0 Å². The third-order valence-corrected chi connectivity index (χ3v) is 5.58. The second-order valence-corrected chi connectivity index (χ2v) is 9.08. The van der Waals surface area contributed by atoms with Crippen LogP contribution in [0.5, 0.6) is 0 Å². The lowest BCUT2D eigenvalue weighted by molar-refractivity contribution is -0.133. The van der Waals surface area contributed by atoms with Crippen molar-refractivity contribution in [3.8, 4) is 10.4 Å². The monoisotopic (exact) mass is 422 g/mol. The van der Waals surface area contributed by atoms with Crippen LogP contribution in [0.2, 0.25) is 0 Å². The topological polar surface area (TPSA) is 96.4 Å². The van der Waals surface area contributed by atoms with E-state index in [2.05, 4.69) is 4.98 Å². The average Bonchev–Trinajstić information content (AvgIpc) is 3.05. The van der Waals surface area contributed by atoms with Crippen LogP contribution in [-0.2, 0) is 20.4 Å². The van der Waals surface area contributed by atoms with Gasteiger partial charge in [-0.3, -0.25) is 4.79 Å². The summed E-state index contributed by atoms with van der Waals surface area (Å²) in [5.74, 6) is -1.83. The number of nitrogens with one attached hydrogen (secondary N) is 1. The van der Waals surface area contributed by atoms with Crippen LogP contribution in [0.4, 0.5) is 13.2 Å². The molecule has 0 bridgehead atoms. The van der Waals surface area contributed by atoms with Crippen molar-refractivity contribution in [2.75, 3.05) is 12.9 Å². The van der Waals surface area contributed by atoms with Gasteiger partial charge in [0.15, 0.2) is 9.84 Å². The molecule has 0 fully saturated rings. The minimum Gasteiger partial charge on any atom is -0.386 e. The molecule has 1 amide bonds. The van der Waals surface area contributed by atoms with Crippen LogP contribution in [0.1, 0.15) is 16.7 Å². The minimum absolute atomic E-state index is 0.170. The molecule has 0 saturated carbocycles. The maximum Gasteiger partial charge on any atom is 0.315 e. The van der Waals surface area contributed by atoms with Gasteiger partial charge in [-0.05, 0) is 11.1 Å². The van der Waals surface area contributed by atoms with E-state index in [0.717, 1.165) is 6.26 Å². The summed E-state index contributed by atoms with van der Waals surface area (Å²) in [6, 6.07) is 4.63. The van der Waals surface area contributed by atoms with Crippen LogP contribution < -0.4 is 5.32 Å². The maximum atomic E-state index is 13.0. The number of hydrogen-bond acceptors (Lipinski definition) is 6. The van der Waals surface area contributed by atoms with Crippen molar-refractivity contribution in [3.63, 3.8) is 0 Å². The van der Waals surface area contributed by atoms with E-state index < -0.39 is 41.0 Å². The number of aliphatic hydroxyl groups excluding tert-OH is 1. The molecule has 2 atom stereocenters. The Bertz CT molecular complexity index is 885. The number of benzene rings is 1. The van der Waals surface area contributed by atoms with Gasteiger partial charge in [0.2, 0.25) is 0 Å². The first kappa shape index (κ1) is 21.3. The van der Waals surface area contributed by atoms with Crippen LogP contribution in [0.15, 0.2) is 30.5 Å². The Morgan fingerprint density at radius 2 is 1.93 bits per heavy atom. The summed E-state index contributed by atoms with van der Waals surface area (Å²) >= 11 is 1.20. The lowest BCUT2D eigenvalue weighted by Gasteiger charge is -2.21. The van der Waals surface area contributed by atoms with E-state index in [1.54, 1.807) is 17.4 Å². The van der Waals surface area contributed by atoms with Crippen LogP contribution in [0, 0.1) is 0 Å². The van der Waals surface area contributed by atoms with Gasteiger partial charge in [0.1, 0.15) is 23.5 Å². The third-order valence-electron chi connectivity index (χ3n) is 3.55. The first-order valence-electron chi connectivity index (χ1n) is 7.66. The number of rotatable bonds is 8. The molecule has 2 aromatic rings. The second kappa shape index (κ2) is 8.81. The van der Waals surface area contributed by atoms with E-state index in [9.17, 15) is 31.5 Å². The number of alkyl halides is 3. The summed E-state index contributed by atoms with van der Waals surface area (Å²) in [4.78, 5) is 15.7. The fraction of sp³-hybridized carbons (Fsp3) is 0.375. The summed E-state index contributed by atoms with van der Waals surface area (Å²) in [7, 11) is -3.20. The van der Waals surface area contributed by atoms with Crippen molar-refractivity contribution in [3.05, 3.63) is 41.0 Å². The number of aliphatic hydroxyl groups is 1. The molecule has 148 valence electrons. The van der Waals surface area contributed by atoms with Gasteiger partial charge in [-0.15, -0.1) is 11.3 Å². The molecule has 0 aliphatic rings. The summed E-state index contributed by atoms with van der Waals surface area (Å²) in [6.07, 6.45) is -2.18. The SMILES string of the molecule is CS(=O)(=O)Cc1ncc(-c2ccc(C(O)C(CF)NC(=O)C(F)F)cc2)s1. The summed E-state index contributed by atoms with van der Waals surface area (Å²) in [6.45, 7) is -1.22. The van der Waals surface area contributed by atoms with E-state index in [4.69, 9.17) is 0 Å². The van der Waals surface area contributed by atoms with Crippen LogP contribution in [-0.4, -0.2) is 49.8 Å². The minimum atomic E-state index is -3.30. The molecule has 2 N–H and O–H groups in total. The number of nitrogens with zero attached hydrogens (tertiary/aromatic N) is 1. The lowest BCUT2D eigenvalue weighted by Crippen LogP contribution is -2.43. The largest absolute Gasteiger partial charge is 0.386 e. The Balaban J connectivity index is 2.13. The molecule has 0 spiro atoms. The number of halogens is 3. The molecule has 0 saturated heterocycles. The van der Waals surface area contributed by atoms with E-state index in [1.165, 1.54) is 29.7 Å². The number of carbonyl (C=O) groups is 1. The fourth-order valence-corrected chi connectivity index (χ4v) is 4.38. The quantitative estimate of drug-likeness (QED) is 0.679. The molecule has 11 heteroatoms. The zero-order valence-corrected chi connectivity index (χ0v) is 15.7. The van der Waals surface area contributed by atoms with Crippen molar-refractivity contribution >= 4 is 27.1 Å².